The summed E-state index contributed by atoms with van der Waals surface area (Å²) in [5.41, 5.74) is 2.66. The molecular weight excluding hydrogens is 451 g/mol. The number of aromatic hydroxyl groups is 1. The van der Waals surface area contributed by atoms with E-state index < -0.39 is 0 Å². The minimum absolute atomic E-state index is 0.0293. The summed E-state index contributed by atoms with van der Waals surface area (Å²) in [4.78, 5) is 24.1. The molecule has 2 aromatic carbocycles. The van der Waals surface area contributed by atoms with Crippen molar-refractivity contribution in [3.63, 3.8) is 0 Å². The molecule has 8 nitrogen and oxygen atoms in total. The van der Waals surface area contributed by atoms with E-state index in [1.54, 1.807) is 23.1 Å². The zero-order valence-electron chi connectivity index (χ0n) is 19.4. The van der Waals surface area contributed by atoms with Crippen LogP contribution in [0.2, 0.25) is 0 Å². The van der Waals surface area contributed by atoms with Gasteiger partial charge in [0.15, 0.2) is 17.3 Å². The second-order valence-electron chi connectivity index (χ2n) is 8.74. The fraction of sp³-hybridized carbons (Fsp3) is 0.346. The van der Waals surface area contributed by atoms with E-state index in [0.717, 1.165) is 12.0 Å². The molecule has 2 fully saturated rings. The highest BCUT2D eigenvalue weighted by atomic mass is 19.1. The standard InChI is InChI=1S/C26H27FN4O4/c1-34-24-7-4-17(12-23(24)32)25-29-19(13-22(30-25)26(33)31-8-10-35-11-9-31)15-28-21-14-20(21)16-2-5-18(27)6-3-16/h2-7,12-13,20-21,28,32H,8-11,14-15H2,1H3/t20-,21+/m0/s1. The van der Waals surface area contributed by atoms with E-state index in [1.807, 2.05) is 12.1 Å². The summed E-state index contributed by atoms with van der Waals surface area (Å²) < 4.78 is 23.7. The van der Waals surface area contributed by atoms with Crippen LogP contribution >= 0.6 is 0 Å². The lowest BCUT2D eigenvalue weighted by molar-refractivity contribution is 0.0299. The van der Waals surface area contributed by atoms with Crippen LogP contribution in [0.1, 0.15) is 34.1 Å². The second kappa shape index (κ2) is 9.97. The smallest absolute Gasteiger partial charge is 0.272 e. The van der Waals surface area contributed by atoms with Gasteiger partial charge >= 0.3 is 0 Å². The Balaban J connectivity index is 1.38. The lowest BCUT2D eigenvalue weighted by Crippen LogP contribution is -2.41. The molecule has 1 amide bonds. The molecule has 0 bridgehead atoms. The topological polar surface area (TPSA) is 96.8 Å². The molecule has 2 atom stereocenters. The molecular formula is C26H27FN4O4. The van der Waals surface area contributed by atoms with Gasteiger partial charge in [-0.2, -0.15) is 0 Å². The van der Waals surface area contributed by atoms with Crippen LogP contribution in [-0.4, -0.2) is 65.3 Å². The molecule has 2 heterocycles. The molecule has 1 saturated heterocycles. The predicted octanol–water partition coefficient (Wildman–Crippen LogP) is 3.12. The van der Waals surface area contributed by atoms with Gasteiger partial charge in [-0.05, 0) is 48.4 Å². The number of methoxy groups -OCH3 is 1. The molecule has 1 aromatic heterocycles. The highest BCUT2D eigenvalue weighted by molar-refractivity contribution is 5.93. The first-order chi connectivity index (χ1) is 17.0. The summed E-state index contributed by atoms with van der Waals surface area (Å²) in [6.45, 7) is 2.46. The van der Waals surface area contributed by atoms with Crippen LogP contribution in [0.5, 0.6) is 11.5 Å². The van der Waals surface area contributed by atoms with E-state index in [9.17, 15) is 14.3 Å². The quantitative estimate of drug-likeness (QED) is 0.539. The van der Waals surface area contributed by atoms with Crippen LogP contribution in [0.4, 0.5) is 4.39 Å². The van der Waals surface area contributed by atoms with Gasteiger partial charge in [-0.25, -0.2) is 14.4 Å². The molecule has 1 aliphatic heterocycles. The monoisotopic (exact) mass is 478 g/mol. The van der Waals surface area contributed by atoms with Crippen molar-refractivity contribution in [3.05, 3.63) is 71.3 Å². The van der Waals surface area contributed by atoms with Gasteiger partial charge < -0.3 is 24.8 Å². The number of carbonyl (C=O) groups is 1. The van der Waals surface area contributed by atoms with Crippen molar-refractivity contribution in [2.45, 2.75) is 24.9 Å². The van der Waals surface area contributed by atoms with E-state index in [0.29, 0.717) is 67.3 Å². The van der Waals surface area contributed by atoms with E-state index in [2.05, 4.69) is 15.3 Å². The number of benzene rings is 2. The molecule has 2 N–H and O–H groups in total. The maximum absolute atomic E-state index is 13.2. The van der Waals surface area contributed by atoms with Crippen molar-refractivity contribution in [2.24, 2.45) is 0 Å². The maximum atomic E-state index is 13.2. The lowest BCUT2D eigenvalue weighted by Gasteiger charge is -2.26. The molecule has 3 aromatic rings. The molecule has 1 aliphatic carbocycles. The first kappa shape index (κ1) is 23.2. The summed E-state index contributed by atoms with van der Waals surface area (Å²) in [5, 5.41) is 13.7. The van der Waals surface area contributed by atoms with Gasteiger partial charge in [-0.1, -0.05) is 12.1 Å². The van der Waals surface area contributed by atoms with Crippen LogP contribution < -0.4 is 10.1 Å². The minimum Gasteiger partial charge on any atom is -0.504 e. The van der Waals surface area contributed by atoms with Crippen molar-refractivity contribution < 1.29 is 23.8 Å². The number of aromatic nitrogens is 2. The van der Waals surface area contributed by atoms with Gasteiger partial charge in [-0.15, -0.1) is 0 Å². The SMILES string of the molecule is COc1ccc(-c2nc(CN[C@@H]3C[C@H]3c3ccc(F)cc3)cc(C(=O)N3CCOCC3)n2)cc1O. The lowest BCUT2D eigenvalue weighted by atomic mass is 10.1. The number of phenols is 1. The number of halogens is 1. The Bertz CT molecular complexity index is 1210. The highest BCUT2D eigenvalue weighted by Crippen LogP contribution is 2.41. The van der Waals surface area contributed by atoms with Gasteiger partial charge in [0.05, 0.1) is 26.0 Å². The number of nitrogens with one attached hydrogen (secondary N) is 1. The number of phenolic OH excluding ortho intramolecular Hbond substituents is 1. The summed E-state index contributed by atoms with van der Waals surface area (Å²) in [6.07, 6.45) is 0.954. The van der Waals surface area contributed by atoms with E-state index in [1.165, 1.54) is 25.3 Å². The van der Waals surface area contributed by atoms with Crippen LogP contribution in [0, 0.1) is 5.82 Å². The number of amides is 1. The molecule has 0 radical (unpaired) electrons. The number of hydrogen-bond donors (Lipinski definition) is 2. The van der Waals surface area contributed by atoms with Crippen LogP contribution in [0.15, 0.2) is 48.5 Å². The molecule has 5 rings (SSSR count). The summed E-state index contributed by atoms with van der Waals surface area (Å²) in [7, 11) is 1.48. The third kappa shape index (κ3) is 5.26. The molecule has 0 spiro atoms. The largest absolute Gasteiger partial charge is 0.504 e. The average Bonchev–Trinajstić information content (AvgIpc) is 3.67. The average molecular weight is 479 g/mol. The van der Waals surface area contributed by atoms with Gasteiger partial charge in [0.1, 0.15) is 11.5 Å². The molecule has 35 heavy (non-hydrogen) atoms. The first-order valence-corrected chi connectivity index (χ1v) is 11.6. The molecule has 182 valence electrons. The van der Waals surface area contributed by atoms with Gasteiger partial charge in [0.25, 0.3) is 5.91 Å². The molecule has 2 aliphatic rings. The zero-order chi connectivity index (χ0) is 24.4. The number of ether oxygens (including phenoxy) is 2. The summed E-state index contributed by atoms with van der Waals surface area (Å²) in [5.74, 6) is 0.575. The van der Waals surface area contributed by atoms with E-state index in [-0.39, 0.29) is 23.5 Å². The number of morpholine rings is 1. The van der Waals surface area contributed by atoms with Crippen LogP contribution in [0.25, 0.3) is 11.4 Å². The fourth-order valence-corrected chi connectivity index (χ4v) is 4.32. The molecule has 9 heteroatoms. The Hall–Kier alpha value is -3.56. The zero-order valence-corrected chi connectivity index (χ0v) is 19.4. The van der Waals surface area contributed by atoms with Crippen molar-refractivity contribution >= 4 is 5.91 Å². The van der Waals surface area contributed by atoms with E-state index >= 15 is 0 Å². The summed E-state index contributed by atoms with van der Waals surface area (Å²) in [6, 6.07) is 13.5. The Labute approximate surface area is 202 Å². The number of hydrogen-bond acceptors (Lipinski definition) is 7. The normalized spacial score (nSPS) is 19.4. The number of rotatable bonds is 7. The predicted molar refractivity (Wildman–Crippen MR) is 127 cm³/mol. The maximum Gasteiger partial charge on any atom is 0.272 e. The first-order valence-electron chi connectivity index (χ1n) is 11.6. The van der Waals surface area contributed by atoms with Crippen molar-refractivity contribution in [1.29, 1.82) is 0 Å². The second-order valence-corrected chi connectivity index (χ2v) is 8.74. The van der Waals surface area contributed by atoms with Crippen LogP contribution in [0.3, 0.4) is 0 Å². The Morgan fingerprint density at radius 3 is 2.66 bits per heavy atom. The van der Waals surface area contributed by atoms with Crippen molar-refractivity contribution in [2.75, 3.05) is 33.4 Å². The third-order valence-electron chi connectivity index (χ3n) is 6.37. The van der Waals surface area contributed by atoms with Gasteiger partial charge in [0.2, 0.25) is 0 Å². The Kier molecular flexibility index (Phi) is 6.61. The number of nitrogens with zero attached hydrogens (tertiary/aromatic N) is 3. The van der Waals surface area contributed by atoms with Crippen LogP contribution in [-0.2, 0) is 11.3 Å². The van der Waals surface area contributed by atoms with Crippen molar-refractivity contribution in [1.82, 2.24) is 20.2 Å². The van der Waals surface area contributed by atoms with Gasteiger partial charge in [-0.3, -0.25) is 4.79 Å². The number of carbonyl (C=O) groups excluding carboxylic acids is 1. The minimum atomic E-state index is -0.241. The van der Waals surface area contributed by atoms with E-state index in [4.69, 9.17) is 9.47 Å². The van der Waals surface area contributed by atoms with Crippen molar-refractivity contribution in [3.8, 4) is 22.9 Å². The Morgan fingerprint density at radius 1 is 1.17 bits per heavy atom. The fourth-order valence-electron chi connectivity index (χ4n) is 4.32. The van der Waals surface area contributed by atoms with Gasteiger partial charge in [0, 0.05) is 37.2 Å². The highest BCUT2D eigenvalue weighted by Gasteiger charge is 2.37. The third-order valence-corrected chi connectivity index (χ3v) is 6.37. The Morgan fingerprint density at radius 2 is 1.94 bits per heavy atom. The molecule has 1 saturated carbocycles. The summed E-state index contributed by atoms with van der Waals surface area (Å²) >= 11 is 0. The molecule has 0 unspecified atom stereocenters.